The van der Waals surface area contributed by atoms with Crippen molar-refractivity contribution in [3.05, 3.63) is 41.0 Å². The van der Waals surface area contributed by atoms with Crippen LogP contribution in [0.15, 0.2) is 12.1 Å². The first kappa shape index (κ1) is 13.9. The topological polar surface area (TPSA) is 83.0 Å². The highest BCUT2D eigenvalue weighted by Gasteiger charge is 2.17. The maximum absolute atomic E-state index is 13.5. The highest BCUT2D eigenvalue weighted by molar-refractivity contribution is 5.90. The summed E-state index contributed by atoms with van der Waals surface area (Å²) in [5, 5.41) is 7.56. The third kappa shape index (κ3) is 2.58. The summed E-state index contributed by atoms with van der Waals surface area (Å²) < 4.78 is 33.2. The Hall–Kier alpha value is -2.51. The third-order valence-electron chi connectivity index (χ3n) is 2.82. The van der Waals surface area contributed by atoms with E-state index in [4.69, 9.17) is 10.5 Å². The molecule has 0 aliphatic heterocycles. The van der Waals surface area contributed by atoms with Gasteiger partial charge in [-0.3, -0.25) is 0 Å². The van der Waals surface area contributed by atoms with Crippen molar-refractivity contribution in [2.24, 2.45) is 7.05 Å². The van der Waals surface area contributed by atoms with E-state index in [0.29, 0.717) is 17.7 Å². The molecule has 1 heterocycles. The summed E-state index contributed by atoms with van der Waals surface area (Å²) in [5.41, 5.74) is 4.30. The van der Waals surface area contributed by atoms with Crippen molar-refractivity contribution in [3.63, 3.8) is 0 Å². The quantitative estimate of drug-likeness (QED) is 0.678. The number of esters is 1. The zero-order chi connectivity index (χ0) is 14.9. The number of benzene rings is 1. The van der Waals surface area contributed by atoms with Gasteiger partial charge in [0.1, 0.15) is 17.5 Å². The summed E-state index contributed by atoms with van der Waals surface area (Å²) in [7, 11) is 1.70. The smallest absolute Gasteiger partial charge is 0.341 e. The van der Waals surface area contributed by atoms with Gasteiger partial charge >= 0.3 is 5.97 Å². The molecule has 0 aliphatic carbocycles. The lowest BCUT2D eigenvalue weighted by Gasteiger charge is -2.06. The summed E-state index contributed by atoms with van der Waals surface area (Å²) in [4.78, 5) is 11.7. The molecule has 20 heavy (non-hydrogen) atoms. The maximum atomic E-state index is 13.5. The molecule has 0 radical (unpaired) electrons. The predicted molar refractivity (Wildman–Crippen MR) is 65.6 cm³/mol. The van der Waals surface area contributed by atoms with Crippen LogP contribution in [0.2, 0.25) is 0 Å². The fourth-order valence-corrected chi connectivity index (χ4v) is 1.50. The second-order valence-electron chi connectivity index (χ2n) is 4.15. The molecule has 1 aromatic carbocycles. The van der Waals surface area contributed by atoms with Crippen molar-refractivity contribution in [1.82, 2.24) is 14.8 Å². The van der Waals surface area contributed by atoms with Gasteiger partial charge in [0.2, 0.25) is 0 Å². The number of hydrogen-bond acceptors (Lipinski definition) is 5. The number of hydrogen-bond donors (Lipinski definition) is 1. The lowest BCUT2D eigenvalue weighted by molar-refractivity contribution is 0.0452. The Morgan fingerprint density at radius 2 is 2.05 bits per heavy atom. The van der Waals surface area contributed by atoms with E-state index in [0.717, 1.165) is 6.07 Å². The molecule has 0 saturated heterocycles. The van der Waals surface area contributed by atoms with Gasteiger partial charge in [-0.05, 0) is 13.0 Å². The molecule has 2 N–H and O–H groups in total. The summed E-state index contributed by atoms with van der Waals surface area (Å²) in [5.74, 6) is -1.79. The van der Waals surface area contributed by atoms with Crippen LogP contribution in [0.3, 0.4) is 0 Å². The first-order valence-corrected chi connectivity index (χ1v) is 5.66. The van der Waals surface area contributed by atoms with Gasteiger partial charge in [-0.1, -0.05) is 0 Å². The minimum absolute atomic E-state index is 0.193. The summed E-state index contributed by atoms with van der Waals surface area (Å²) in [6.45, 7) is 1.54. The predicted octanol–water partition coefficient (Wildman–Crippen LogP) is 1.34. The molecular formula is C12H12F2N4O2. The van der Waals surface area contributed by atoms with E-state index in [1.165, 1.54) is 0 Å². The van der Waals surface area contributed by atoms with Crippen molar-refractivity contribution < 1.29 is 18.3 Å². The maximum Gasteiger partial charge on any atom is 0.341 e. The third-order valence-corrected chi connectivity index (χ3v) is 2.82. The largest absolute Gasteiger partial charge is 0.454 e. The molecule has 0 unspecified atom stereocenters. The average Bonchev–Trinajstić information content (AvgIpc) is 2.71. The second kappa shape index (κ2) is 5.24. The van der Waals surface area contributed by atoms with E-state index in [9.17, 15) is 13.6 Å². The van der Waals surface area contributed by atoms with Gasteiger partial charge in [-0.15, -0.1) is 10.2 Å². The Bertz CT molecular complexity index is 670. The molecule has 0 aliphatic rings. The van der Waals surface area contributed by atoms with Crippen molar-refractivity contribution in [1.29, 1.82) is 0 Å². The number of rotatable bonds is 3. The second-order valence-corrected chi connectivity index (χ2v) is 4.15. The minimum atomic E-state index is -0.998. The first-order valence-electron chi connectivity index (χ1n) is 5.66. The van der Waals surface area contributed by atoms with E-state index < -0.39 is 23.2 Å². The minimum Gasteiger partial charge on any atom is -0.454 e. The Labute approximate surface area is 113 Å². The standard InChI is InChI=1S/C12H12F2N4O2/c1-6-16-17-11(18(6)2)5-20-12(19)7-3-9(14)10(15)4-8(7)13/h3-4H,5,15H2,1-2H3. The first-order chi connectivity index (χ1) is 9.40. The molecule has 8 heteroatoms. The molecule has 2 rings (SSSR count). The summed E-state index contributed by atoms with van der Waals surface area (Å²) in [6.07, 6.45) is 0. The summed E-state index contributed by atoms with van der Waals surface area (Å²) >= 11 is 0. The zero-order valence-corrected chi connectivity index (χ0v) is 10.9. The fourth-order valence-electron chi connectivity index (χ4n) is 1.50. The molecule has 0 amide bonds. The molecule has 0 fully saturated rings. The number of ether oxygens (including phenoxy) is 1. The van der Waals surface area contributed by atoms with E-state index in [-0.39, 0.29) is 12.3 Å². The van der Waals surface area contributed by atoms with Crippen molar-refractivity contribution in [2.75, 3.05) is 5.73 Å². The SMILES string of the molecule is Cc1nnc(COC(=O)c2cc(F)c(N)cc2F)n1C. The van der Waals surface area contributed by atoms with Crippen LogP contribution in [0.25, 0.3) is 0 Å². The molecule has 6 nitrogen and oxygen atoms in total. The van der Waals surface area contributed by atoms with Gasteiger partial charge in [0.05, 0.1) is 11.3 Å². The number of nitrogens with zero attached hydrogens (tertiary/aromatic N) is 3. The molecule has 0 saturated carbocycles. The van der Waals surface area contributed by atoms with Crippen LogP contribution in [0.1, 0.15) is 22.0 Å². The molecule has 0 atom stereocenters. The van der Waals surface area contributed by atoms with Crippen molar-refractivity contribution in [2.45, 2.75) is 13.5 Å². The Kier molecular flexibility index (Phi) is 3.64. The molecular weight excluding hydrogens is 270 g/mol. The van der Waals surface area contributed by atoms with Gasteiger partial charge in [0.25, 0.3) is 0 Å². The van der Waals surface area contributed by atoms with Gasteiger partial charge in [-0.2, -0.15) is 0 Å². The van der Waals surface area contributed by atoms with E-state index in [1.807, 2.05) is 0 Å². The van der Waals surface area contributed by atoms with E-state index in [1.54, 1.807) is 18.5 Å². The van der Waals surface area contributed by atoms with Gasteiger partial charge in [0.15, 0.2) is 12.4 Å². The van der Waals surface area contributed by atoms with E-state index >= 15 is 0 Å². The normalized spacial score (nSPS) is 10.6. The highest BCUT2D eigenvalue weighted by Crippen LogP contribution is 2.17. The zero-order valence-electron chi connectivity index (χ0n) is 10.9. The number of halogens is 2. The Morgan fingerprint density at radius 3 is 2.65 bits per heavy atom. The van der Waals surface area contributed by atoms with E-state index in [2.05, 4.69) is 10.2 Å². The Morgan fingerprint density at radius 1 is 1.35 bits per heavy atom. The summed E-state index contributed by atoms with van der Waals surface area (Å²) in [6, 6.07) is 1.44. The average molecular weight is 282 g/mol. The van der Waals surface area contributed by atoms with Crippen molar-refractivity contribution in [3.8, 4) is 0 Å². The van der Waals surface area contributed by atoms with Crippen LogP contribution in [0, 0.1) is 18.6 Å². The lowest BCUT2D eigenvalue weighted by atomic mass is 10.2. The van der Waals surface area contributed by atoms with Crippen LogP contribution >= 0.6 is 0 Å². The number of aryl methyl sites for hydroxylation is 1. The van der Waals surface area contributed by atoms with Gasteiger partial charge in [-0.25, -0.2) is 13.6 Å². The molecule has 2 aromatic rings. The highest BCUT2D eigenvalue weighted by atomic mass is 19.1. The Balaban J connectivity index is 2.13. The molecule has 1 aromatic heterocycles. The molecule has 106 valence electrons. The monoisotopic (exact) mass is 282 g/mol. The number of aromatic nitrogens is 3. The van der Waals surface area contributed by atoms with Crippen LogP contribution in [0.4, 0.5) is 14.5 Å². The lowest BCUT2D eigenvalue weighted by Crippen LogP contribution is -2.11. The van der Waals surface area contributed by atoms with Crippen LogP contribution in [-0.4, -0.2) is 20.7 Å². The van der Waals surface area contributed by atoms with Crippen molar-refractivity contribution >= 4 is 11.7 Å². The number of nitrogen functional groups attached to an aromatic ring is 1. The van der Waals surface area contributed by atoms with Crippen LogP contribution in [-0.2, 0) is 18.4 Å². The number of anilines is 1. The van der Waals surface area contributed by atoms with Gasteiger partial charge in [0, 0.05) is 13.1 Å². The number of carbonyl (C=O) groups is 1. The van der Waals surface area contributed by atoms with Crippen LogP contribution < -0.4 is 5.73 Å². The molecule has 0 bridgehead atoms. The number of nitrogens with two attached hydrogens (primary N) is 1. The molecule has 0 spiro atoms. The number of carbonyl (C=O) groups excluding carboxylic acids is 1. The van der Waals surface area contributed by atoms with Crippen LogP contribution in [0.5, 0.6) is 0 Å². The fraction of sp³-hybridized carbons (Fsp3) is 0.250. The van der Waals surface area contributed by atoms with Gasteiger partial charge < -0.3 is 15.0 Å².